The Bertz CT molecular complexity index is 445. The van der Waals surface area contributed by atoms with Crippen LogP contribution in [0.15, 0.2) is 6.20 Å². The Kier molecular flexibility index (Phi) is 3.53. The lowest BCUT2D eigenvalue weighted by molar-refractivity contribution is -0.0224. The van der Waals surface area contributed by atoms with Crippen LogP contribution in [-0.2, 0) is 11.8 Å². The molecule has 2 atom stereocenters. The highest BCUT2D eigenvalue weighted by Gasteiger charge is 2.30. The summed E-state index contributed by atoms with van der Waals surface area (Å²) in [7, 11) is 3.28. The molecule has 0 unspecified atom stereocenters. The molecule has 2 heterocycles. The van der Waals surface area contributed by atoms with E-state index in [1.807, 2.05) is 0 Å². The van der Waals surface area contributed by atoms with Crippen LogP contribution < -0.4 is 5.73 Å². The highest BCUT2D eigenvalue weighted by Crippen LogP contribution is 2.18. The SMILES string of the molecule is CO[C@@H]1C[C@@H](O)CN(C(=O)c2cn(C)nc2N)C1. The molecule has 1 amide bonds. The van der Waals surface area contributed by atoms with Gasteiger partial charge in [-0.3, -0.25) is 9.48 Å². The van der Waals surface area contributed by atoms with Crippen LogP contribution in [0.3, 0.4) is 0 Å². The number of rotatable bonds is 2. The van der Waals surface area contributed by atoms with Gasteiger partial charge in [-0.1, -0.05) is 0 Å². The summed E-state index contributed by atoms with van der Waals surface area (Å²) in [6.45, 7) is 0.758. The number of aryl methyl sites for hydroxylation is 1. The first-order chi connectivity index (χ1) is 8.51. The smallest absolute Gasteiger partial charge is 0.259 e. The van der Waals surface area contributed by atoms with E-state index in [-0.39, 0.29) is 17.8 Å². The average Bonchev–Trinajstić information content (AvgIpc) is 2.66. The lowest BCUT2D eigenvalue weighted by atomic mass is 10.0. The summed E-state index contributed by atoms with van der Waals surface area (Å²) in [6, 6.07) is 0. The Labute approximate surface area is 105 Å². The molecule has 1 aromatic rings. The molecule has 7 heteroatoms. The molecule has 0 saturated carbocycles. The predicted molar refractivity (Wildman–Crippen MR) is 64.9 cm³/mol. The van der Waals surface area contributed by atoms with Gasteiger partial charge in [0.25, 0.3) is 5.91 Å². The Hall–Kier alpha value is -1.60. The molecule has 18 heavy (non-hydrogen) atoms. The van der Waals surface area contributed by atoms with E-state index in [0.717, 1.165) is 0 Å². The molecule has 1 aliphatic rings. The van der Waals surface area contributed by atoms with Gasteiger partial charge in [-0.25, -0.2) is 0 Å². The van der Waals surface area contributed by atoms with Crippen molar-refractivity contribution in [2.75, 3.05) is 25.9 Å². The normalized spacial score (nSPS) is 24.3. The number of piperidine rings is 1. The molecule has 1 fully saturated rings. The third-order valence-electron chi connectivity index (χ3n) is 3.10. The number of hydrogen-bond acceptors (Lipinski definition) is 5. The number of anilines is 1. The number of β-amino-alcohol motifs (C(OH)–C–C–N with tert-alkyl or cyclic N) is 1. The molecule has 1 aliphatic heterocycles. The van der Waals surface area contributed by atoms with Gasteiger partial charge in [0.15, 0.2) is 5.82 Å². The van der Waals surface area contributed by atoms with Crippen LogP contribution in [0.2, 0.25) is 0 Å². The first-order valence-corrected chi connectivity index (χ1v) is 5.80. The van der Waals surface area contributed by atoms with Gasteiger partial charge in [0.2, 0.25) is 0 Å². The predicted octanol–water partition coefficient (Wildman–Crippen LogP) is -0.776. The number of likely N-dealkylation sites (tertiary alicyclic amines) is 1. The van der Waals surface area contributed by atoms with Crippen molar-refractivity contribution >= 4 is 11.7 Å². The molecule has 3 N–H and O–H groups in total. The van der Waals surface area contributed by atoms with Crippen molar-refractivity contribution in [3.63, 3.8) is 0 Å². The van der Waals surface area contributed by atoms with Crippen molar-refractivity contribution in [3.05, 3.63) is 11.8 Å². The largest absolute Gasteiger partial charge is 0.391 e. The van der Waals surface area contributed by atoms with Crippen molar-refractivity contribution in [2.45, 2.75) is 18.6 Å². The fraction of sp³-hybridized carbons (Fsp3) is 0.636. The van der Waals surface area contributed by atoms with Crippen molar-refractivity contribution in [1.82, 2.24) is 14.7 Å². The number of nitrogen functional groups attached to an aromatic ring is 1. The van der Waals surface area contributed by atoms with Crippen LogP contribution in [0.4, 0.5) is 5.82 Å². The molecule has 2 rings (SSSR count). The zero-order chi connectivity index (χ0) is 13.3. The number of aliphatic hydroxyl groups excluding tert-OH is 1. The minimum atomic E-state index is -0.564. The fourth-order valence-electron chi connectivity index (χ4n) is 2.20. The summed E-state index contributed by atoms with van der Waals surface area (Å²) in [6.07, 6.45) is 1.42. The van der Waals surface area contributed by atoms with Crippen LogP contribution in [0.1, 0.15) is 16.8 Å². The maximum atomic E-state index is 12.3. The van der Waals surface area contributed by atoms with E-state index >= 15 is 0 Å². The topological polar surface area (TPSA) is 93.6 Å². The number of hydrogen-bond donors (Lipinski definition) is 2. The zero-order valence-corrected chi connectivity index (χ0v) is 10.5. The maximum Gasteiger partial charge on any atom is 0.259 e. The number of aliphatic hydroxyl groups is 1. The first kappa shape index (κ1) is 12.8. The molecule has 0 bridgehead atoms. The maximum absolute atomic E-state index is 12.3. The van der Waals surface area contributed by atoms with Crippen LogP contribution >= 0.6 is 0 Å². The molecule has 7 nitrogen and oxygen atoms in total. The molecular formula is C11H18N4O3. The lowest BCUT2D eigenvalue weighted by Gasteiger charge is -2.34. The average molecular weight is 254 g/mol. The molecule has 1 saturated heterocycles. The highest BCUT2D eigenvalue weighted by atomic mass is 16.5. The number of nitrogens with two attached hydrogens (primary N) is 1. The van der Waals surface area contributed by atoms with Gasteiger partial charge in [0.05, 0.1) is 12.2 Å². The van der Waals surface area contributed by atoms with Crippen molar-refractivity contribution in [1.29, 1.82) is 0 Å². The Morgan fingerprint density at radius 3 is 2.89 bits per heavy atom. The van der Waals surface area contributed by atoms with E-state index in [9.17, 15) is 9.90 Å². The van der Waals surface area contributed by atoms with Gasteiger partial charge in [-0.05, 0) is 0 Å². The second-order valence-corrected chi connectivity index (χ2v) is 4.56. The molecule has 0 spiro atoms. The third kappa shape index (κ3) is 2.46. The molecule has 100 valence electrons. The summed E-state index contributed by atoms with van der Waals surface area (Å²) < 4.78 is 6.70. The van der Waals surface area contributed by atoms with E-state index in [1.165, 1.54) is 4.68 Å². The van der Waals surface area contributed by atoms with E-state index < -0.39 is 6.10 Å². The fourth-order valence-corrected chi connectivity index (χ4v) is 2.20. The molecule has 1 aromatic heterocycles. The zero-order valence-electron chi connectivity index (χ0n) is 10.5. The van der Waals surface area contributed by atoms with Gasteiger partial charge in [0.1, 0.15) is 5.56 Å². The standard InChI is InChI=1S/C11H18N4O3/c1-14-6-9(10(12)13-14)11(17)15-4-7(16)3-8(5-15)18-2/h6-8,16H,3-5H2,1-2H3,(H2,12,13)/t7-,8-/m1/s1. The van der Waals surface area contributed by atoms with Gasteiger partial charge < -0.3 is 20.5 Å². The summed E-state index contributed by atoms with van der Waals surface area (Å²) in [5, 5.41) is 13.7. The Morgan fingerprint density at radius 2 is 2.33 bits per heavy atom. The van der Waals surface area contributed by atoms with Crippen molar-refractivity contribution in [3.8, 4) is 0 Å². The van der Waals surface area contributed by atoms with Gasteiger partial charge in [-0.2, -0.15) is 5.10 Å². The highest BCUT2D eigenvalue weighted by molar-refractivity contribution is 5.98. The van der Waals surface area contributed by atoms with E-state index in [4.69, 9.17) is 10.5 Å². The minimum Gasteiger partial charge on any atom is -0.391 e. The minimum absolute atomic E-state index is 0.143. The van der Waals surface area contributed by atoms with Gasteiger partial charge in [0, 0.05) is 39.9 Å². The second-order valence-electron chi connectivity index (χ2n) is 4.56. The van der Waals surface area contributed by atoms with E-state index in [0.29, 0.717) is 25.1 Å². The Balaban J connectivity index is 2.15. The quantitative estimate of drug-likeness (QED) is 0.722. The van der Waals surface area contributed by atoms with Crippen LogP contribution in [0.5, 0.6) is 0 Å². The van der Waals surface area contributed by atoms with Gasteiger partial charge >= 0.3 is 0 Å². The molecule has 0 aliphatic carbocycles. The number of amides is 1. The number of nitrogens with zero attached hydrogens (tertiary/aromatic N) is 3. The monoisotopic (exact) mass is 254 g/mol. The number of ether oxygens (including phenoxy) is 1. The summed E-state index contributed by atoms with van der Waals surface area (Å²) in [4.78, 5) is 13.8. The number of carbonyl (C=O) groups excluding carboxylic acids is 1. The Morgan fingerprint density at radius 1 is 1.61 bits per heavy atom. The summed E-state index contributed by atoms with van der Waals surface area (Å²) >= 11 is 0. The van der Waals surface area contributed by atoms with Crippen LogP contribution in [0, 0.1) is 0 Å². The van der Waals surface area contributed by atoms with Crippen molar-refractivity contribution < 1.29 is 14.6 Å². The molecular weight excluding hydrogens is 236 g/mol. The summed E-state index contributed by atoms with van der Waals surface area (Å²) in [5.74, 6) is -0.0158. The third-order valence-corrected chi connectivity index (χ3v) is 3.10. The second kappa shape index (κ2) is 4.95. The number of aromatic nitrogens is 2. The van der Waals surface area contributed by atoms with E-state index in [1.54, 1.807) is 25.3 Å². The summed E-state index contributed by atoms with van der Waals surface area (Å²) in [5.41, 5.74) is 6.04. The lowest BCUT2D eigenvalue weighted by Crippen LogP contribution is -2.49. The van der Waals surface area contributed by atoms with Gasteiger partial charge in [-0.15, -0.1) is 0 Å². The van der Waals surface area contributed by atoms with Crippen molar-refractivity contribution in [2.24, 2.45) is 7.05 Å². The van der Waals surface area contributed by atoms with E-state index in [2.05, 4.69) is 5.10 Å². The number of methoxy groups -OCH3 is 1. The van der Waals surface area contributed by atoms with Crippen LogP contribution in [0.25, 0.3) is 0 Å². The molecule has 0 radical (unpaired) electrons. The first-order valence-electron chi connectivity index (χ1n) is 5.80. The van der Waals surface area contributed by atoms with Crippen LogP contribution in [-0.4, -0.2) is 58.1 Å². The number of carbonyl (C=O) groups is 1. The molecule has 0 aromatic carbocycles.